The zero-order chi connectivity index (χ0) is 20.1. The Kier molecular flexibility index (Phi) is 5.90. The van der Waals surface area contributed by atoms with Crippen LogP contribution in [0.2, 0.25) is 0 Å². The first-order valence-electron chi connectivity index (χ1n) is 7.81. The summed E-state index contributed by atoms with van der Waals surface area (Å²) in [6.45, 7) is 4.72. The molecule has 2 aromatic heterocycles. The van der Waals surface area contributed by atoms with Crippen molar-refractivity contribution < 1.29 is 28.4 Å². The normalized spacial score (nSPS) is 10.3. The van der Waals surface area contributed by atoms with Gasteiger partial charge in [0.1, 0.15) is 23.2 Å². The highest BCUT2D eigenvalue weighted by Gasteiger charge is 2.32. The summed E-state index contributed by atoms with van der Waals surface area (Å²) in [5.41, 5.74) is 4.49. The summed E-state index contributed by atoms with van der Waals surface area (Å²) >= 11 is 0. The number of hydrogen-bond donors (Lipinski definition) is 2. The van der Waals surface area contributed by atoms with Gasteiger partial charge in [-0.15, -0.1) is 0 Å². The Bertz CT molecular complexity index is 893. The minimum absolute atomic E-state index is 0.0331. The molecule has 2 rings (SSSR count). The van der Waals surface area contributed by atoms with E-state index in [0.717, 1.165) is 6.33 Å². The second kappa shape index (κ2) is 8.12. The first-order valence-corrected chi connectivity index (χ1v) is 7.81. The summed E-state index contributed by atoms with van der Waals surface area (Å²) < 4.78 is 15.3. The van der Waals surface area contributed by atoms with Gasteiger partial charge < -0.3 is 24.9 Å². The van der Waals surface area contributed by atoms with Crippen molar-refractivity contribution >= 4 is 35.1 Å². The SMILES string of the molecule is CCOC(=O)c1c(C)oc(Nc2ncnc(N)c2[N+](=O)[O-])c1C(=O)OCC. The Balaban J connectivity index is 2.60. The fourth-order valence-electron chi connectivity index (χ4n) is 2.25. The number of esters is 2. The molecule has 0 radical (unpaired) electrons. The number of nitrogens with two attached hydrogens (primary N) is 1. The van der Waals surface area contributed by atoms with Crippen molar-refractivity contribution in [2.45, 2.75) is 20.8 Å². The van der Waals surface area contributed by atoms with Gasteiger partial charge in [0.2, 0.25) is 17.5 Å². The van der Waals surface area contributed by atoms with Crippen LogP contribution >= 0.6 is 0 Å². The average Bonchev–Trinajstić information content (AvgIpc) is 2.91. The van der Waals surface area contributed by atoms with Crippen molar-refractivity contribution in [1.29, 1.82) is 0 Å². The second-order valence-electron chi connectivity index (χ2n) is 5.02. The summed E-state index contributed by atoms with van der Waals surface area (Å²) in [7, 11) is 0. The van der Waals surface area contributed by atoms with Crippen LogP contribution in [0.4, 0.5) is 23.2 Å². The first kappa shape index (κ1) is 19.6. The van der Waals surface area contributed by atoms with Crippen LogP contribution in [0.1, 0.15) is 40.3 Å². The summed E-state index contributed by atoms with van der Waals surface area (Å²) in [4.78, 5) is 42.3. The van der Waals surface area contributed by atoms with Crippen molar-refractivity contribution in [3.63, 3.8) is 0 Å². The predicted octanol–water partition coefficient (Wildman–Crippen LogP) is 1.97. The first-order chi connectivity index (χ1) is 12.8. The third-order valence-corrected chi connectivity index (χ3v) is 3.31. The highest BCUT2D eigenvalue weighted by atomic mass is 16.6. The van der Waals surface area contributed by atoms with E-state index < -0.39 is 22.5 Å². The Morgan fingerprint density at radius 3 is 2.37 bits per heavy atom. The molecule has 0 aliphatic carbocycles. The molecule has 27 heavy (non-hydrogen) atoms. The van der Waals surface area contributed by atoms with Gasteiger partial charge in [-0.1, -0.05) is 0 Å². The Morgan fingerprint density at radius 1 is 1.22 bits per heavy atom. The number of furan rings is 1. The zero-order valence-corrected chi connectivity index (χ0v) is 14.8. The number of aromatic nitrogens is 2. The van der Waals surface area contributed by atoms with Gasteiger partial charge >= 0.3 is 17.6 Å². The van der Waals surface area contributed by atoms with Gasteiger partial charge in [0.15, 0.2) is 0 Å². The maximum absolute atomic E-state index is 12.4. The lowest BCUT2D eigenvalue weighted by Gasteiger charge is -2.07. The number of nitrogen functional groups attached to an aromatic ring is 1. The highest BCUT2D eigenvalue weighted by Crippen LogP contribution is 2.34. The van der Waals surface area contributed by atoms with Gasteiger partial charge in [0.25, 0.3) is 0 Å². The Labute approximate surface area is 152 Å². The quantitative estimate of drug-likeness (QED) is 0.409. The van der Waals surface area contributed by atoms with E-state index in [-0.39, 0.29) is 47.6 Å². The maximum atomic E-state index is 12.4. The second-order valence-corrected chi connectivity index (χ2v) is 5.02. The molecule has 0 saturated carbocycles. The van der Waals surface area contributed by atoms with Gasteiger partial charge in [-0.25, -0.2) is 19.6 Å². The average molecular weight is 379 g/mol. The van der Waals surface area contributed by atoms with Gasteiger partial charge in [-0.05, 0) is 20.8 Å². The van der Waals surface area contributed by atoms with Crippen molar-refractivity contribution in [3.8, 4) is 0 Å². The van der Waals surface area contributed by atoms with E-state index in [2.05, 4.69) is 15.3 Å². The fourth-order valence-corrected chi connectivity index (χ4v) is 2.25. The molecular weight excluding hydrogens is 362 g/mol. The molecule has 12 heteroatoms. The number of carbonyl (C=O) groups excluding carboxylic acids is 2. The monoisotopic (exact) mass is 379 g/mol. The molecule has 0 saturated heterocycles. The van der Waals surface area contributed by atoms with E-state index in [1.807, 2.05) is 0 Å². The lowest BCUT2D eigenvalue weighted by molar-refractivity contribution is -0.383. The summed E-state index contributed by atoms with van der Waals surface area (Å²) in [5, 5.41) is 13.7. The van der Waals surface area contributed by atoms with Gasteiger partial charge in [-0.2, -0.15) is 0 Å². The van der Waals surface area contributed by atoms with E-state index in [0.29, 0.717) is 0 Å². The lowest BCUT2D eigenvalue weighted by atomic mass is 10.1. The predicted molar refractivity (Wildman–Crippen MR) is 91.7 cm³/mol. The number of nitrogens with one attached hydrogen (secondary N) is 1. The van der Waals surface area contributed by atoms with Crippen LogP contribution in [0.5, 0.6) is 0 Å². The molecular formula is C15H17N5O7. The number of rotatable bonds is 7. The van der Waals surface area contributed by atoms with Crippen LogP contribution in [0, 0.1) is 17.0 Å². The number of nitro groups is 1. The molecule has 0 unspecified atom stereocenters. The molecule has 144 valence electrons. The van der Waals surface area contributed by atoms with Crippen LogP contribution in [0.3, 0.4) is 0 Å². The largest absolute Gasteiger partial charge is 0.462 e. The summed E-state index contributed by atoms with van der Waals surface area (Å²) in [6, 6.07) is 0. The third-order valence-electron chi connectivity index (χ3n) is 3.31. The Morgan fingerprint density at radius 2 is 1.81 bits per heavy atom. The van der Waals surface area contributed by atoms with Gasteiger partial charge in [-0.3, -0.25) is 10.1 Å². The molecule has 0 atom stereocenters. The number of nitrogens with zero attached hydrogens (tertiary/aromatic N) is 3. The van der Waals surface area contributed by atoms with Crippen LogP contribution in [-0.2, 0) is 9.47 Å². The molecule has 3 N–H and O–H groups in total. The summed E-state index contributed by atoms with van der Waals surface area (Å²) in [6.07, 6.45) is 0.997. The molecule has 0 aromatic carbocycles. The van der Waals surface area contributed by atoms with Crippen molar-refractivity contribution in [1.82, 2.24) is 9.97 Å². The minimum Gasteiger partial charge on any atom is -0.462 e. The number of anilines is 3. The molecule has 2 aromatic rings. The zero-order valence-electron chi connectivity index (χ0n) is 14.8. The molecule has 0 aliphatic rings. The van der Waals surface area contributed by atoms with E-state index in [1.165, 1.54) is 6.92 Å². The number of hydrogen-bond acceptors (Lipinski definition) is 11. The number of aryl methyl sites for hydroxylation is 1. The van der Waals surface area contributed by atoms with Crippen molar-refractivity contribution in [2.24, 2.45) is 0 Å². The van der Waals surface area contributed by atoms with E-state index in [9.17, 15) is 19.7 Å². The molecule has 0 spiro atoms. The topological polar surface area (TPSA) is 173 Å². The van der Waals surface area contributed by atoms with Crippen LogP contribution in [-0.4, -0.2) is 40.0 Å². The summed E-state index contributed by atoms with van der Waals surface area (Å²) in [5.74, 6) is -2.58. The van der Waals surface area contributed by atoms with Crippen LogP contribution in [0.25, 0.3) is 0 Å². The molecule has 0 fully saturated rings. The van der Waals surface area contributed by atoms with Crippen LogP contribution in [0.15, 0.2) is 10.7 Å². The Hall–Kier alpha value is -3.70. The lowest BCUT2D eigenvalue weighted by Crippen LogP contribution is -2.14. The smallest absolute Gasteiger partial charge is 0.353 e. The van der Waals surface area contributed by atoms with Crippen molar-refractivity contribution in [3.05, 3.63) is 33.3 Å². The van der Waals surface area contributed by atoms with Gasteiger partial charge in [0.05, 0.1) is 18.1 Å². The maximum Gasteiger partial charge on any atom is 0.353 e. The third kappa shape index (κ3) is 3.94. The molecule has 0 bridgehead atoms. The van der Waals surface area contributed by atoms with Gasteiger partial charge in [0, 0.05) is 0 Å². The van der Waals surface area contributed by atoms with Crippen LogP contribution < -0.4 is 11.1 Å². The standard InChI is InChI=1S/C15H17N5O7/c1-4-25-14(21)8-7(3)27-13(9(8)15(22)26-5-2)19-12-10(20(23)24)11(16)17-6-18-12/h6H,4-5H2,1-3H3,(H3,16,17,18,19). The molecule has 0 amide bonds. The highest BCUT2D eigenvalue weighted by molar-refractivity contribution is 6.07. The number of carbonyl (C=O) groups is 2. The molecule has 2 heterocycles. The number of ether oxygens (including phenoxy) is 2. The molecule has 12 nitrogen and oxygen atoms in total. The molecule has 0 aliphatic heterocycles. The minimum atomic E-state index is -0.871. The fraction of sp³-hybridized carbons (Fsp3) is 0.333. The van der Waals surface area contributed by atoms with E-state index >= 15 is 0 Å². The van der Waals surface area contributed by atoms with Crippen molar-refractivity contribution in [2.75, 3.05) is 24.3 Å². The van der Waals surface area contributed by atoms with E-state index in [1.54, 1.807) is 13.8 Å². The van der Waals surface area contributed by atoms with E-state index in [4.69, 9.17) is 19.6 Å².